The molecule has 1 aliphatic carbocycles. The highest BCUT2D eigenvalue weighted by Crippen LogP contribution is 2.62. The lowest BCUT2D eigenvalue weighted by Gasteiger charge is -2.56. The maximum atomic E-state index is 14.8. The van der Waals surface area contributed by atoms with Gasteiger partial charge in [0.25, 0.3) is 0 Å². The molecule has 3 aromatic rings. The first-order valence-electron chi connectivity index (χ1n) is 18.2. The summed E-state index contributed by atoms with van der Waals surface area (Å²) >= 11 is 0. The Morgan fingerprint density at radius 2 is 1.69 bits per heavy atom. The van der Waals surface area contributed by atoms with E-state index in [1.807, 2.05) is 7.05 Å². The molecule has 3 aliphatic rings. The number of allylic oxidation sites excluding steroid dienone is 3. The monoisotopic (exact) mass is 646 g/mol. The fourth-order valence-electron chi connectivity index (χ4n) is 9.67. The van der Waals surface area contributed by atoms with Crippen molar-refractivity contribution in [3.8, 4) is 0 Å². The molecule has 256 valence electrons. The molecule has 1 fully saturated rings. The zero-order chi connectivity index (χ0) is 34.9. The van der Waals surface area contributed by atoms with Gasteiger partial charge in [0.1, 0.15) is 0 Å². The van der Waals surface area contributed by atoms with Crippen molar-refractivity contribution in [2.45, 2.75) is 112 Å². The molecular weight excluding hydrogens is 589 g/mol. The van der Waals surface area contributed by atoms with E-state index in [-0.39, 0.29) is 17.4 Å². The van der Waals surface area contributed by atoms with Crippen molar-refractivity contribution in [2.75, 3.05) is 29.9 Å². The van der Waals surface area contributed by atoms with Crippen LogP contribution in [-0.4, -0.2) is 31.0 Å². The van der Waals surface area contributed by atoms with Gasteiger partial charge in [0.05, 0.1) is 6.04 Å². The van der Waals surface area contributed by atoms with Gasteiger partial charge in [-0.15, -0.1) is 0 Å². The van der Waals surface area contributed by atoms with Gasteiger partial charge in [-0.05, 0) is 131 Å². The van der Waals surface area contributed by atoms with E-state index in [9.17, 15) is 4.79 Å². The lowest BCUT2D eigenvalue weighted by Crippen LogP contribution is -2.56. The largest absolute Gasteiger partial charge is 0.361 e. The molecule has 0 saturated heterocycles. The zero-order valence-electron chi connectivity index (χ0n) is 31.2. The van der Waals surface area contributed by atoms with Crippen LogP contribution >= 0.6 is 0 Å². The van der Waals surface area contributed by atoms with Crippen molar-refractivity contribution in [1.82, 2.24) is 10.3 Å². The number of carbonyl (C=O) groups is 1. The summed E-state index contributed by atoms with van der Waals surface area (Å²) in [6, 6.07) is 4.78. The molecule has 1 unspecified atom stereocenters. The van der Waals surface area contributed by atoms with Crippen LogP contribution in [0.25, 0.3) is 10.9 Å². The summed E-state index contributed by atoms with van der Waals surface area (Å²) in [5.74, 6) is 0.756. The highest BCUT2D eigenvalue weighted by molar-refractivity contribution is 6.05. The number of carbonyl (C=O) groups excluding carboxylic acids is 1. The number of rotatable bonds is 11. The molecule has 0 radical (unpaired) electrons. The Labute approximate surface area is 289 Å². The number of likely N-dealkylation sites (N-methyl/N-ethyl adjacent to an activating group) is 1. The van der Waals surface area contributed by atoms with E-state index >= 15 is 0 Å². The second-order valence-electron chi connectivity index (χ2n) is 16.0. The van der Waals surface area contributed by atoms with Crippen LogP contribution in [-0.2, 0) is 24.1 Å². The SMILES string of the molecule is C=C(C)Cc1cc2c(c(C(C)CC)c1C)CCN2C(=C)C1(CC)CC(C)(C(=O)N2C[C@@H](NC)c3c2cc(CC(=C)C)c2[nH]cc(C)c32)C1. The van der Waals surface area contributed by atoms with E-state index < -0.39 is 5.41 Å². The smallest absolute Gasteiger partial charge is 0.233 e. The normalized spacial score (nSPS) is 23.6. The predicted molar refractivity (Wildman–Crippen MR) is 204 cm³/mol. The van der Waals surface area contributed by atoms with Crippen LogP contribution in [0.1, 0.15) is 118 Å². The number of fused-ring (bicyclic) bond motifs is 4. The number of aromatic amines is 1. The van der Waals surface area contributed by atoms with E-state index in [0.717, 1.165) is 62.8 Å². The number of benzene rings is 2. The molecule has 5 nitrogen and oxygen atoms in total. The fraction of sp³-hybridized carbons (Fsp3) is 0.512. The molecule has 2 aromatic carbocycles. The van der Waals surface area contributed by atoms with E-state index in [2.05, 4.69) is 107 Å². The summed E-state index contributed by atoms with van der Waals surface area (Å²) < 4.78 is 0. The number of aryl methyl sites for hydroxylation is 1. The number of amides is 1. The summed E-state index contributed by atoms with van der Waals surface area (Å²) in [6.07, 6.45) is 8.59. The van der Waals surface area contributed by atoms with Crippen LogP contribution in [0.2, 0.25) is 0 Å². The van der Waals surface area contributed by atoms with Gasteiger partial charge in [-0.2, -0.15) is 0 Å². The van der Waals surface area contributed by atoms with Crippen LogP contribution in [0.4, 0.5) is 11.4 Å². The number of H-pyrrole nitrogens is 1. The third kappa shape index (κ3) is 5.28. The number of hydrogen-bond donors (Lipinski definition) is 2. The van der Waals surface area contributed by atoms with Gasteiger partial charge in [-0.3, -0.25) is 4.79 Å². The van der Waals surface area contributed by atoms with Crippen LogP contribution in [0, 0.1) is 24.7 Å². The third-order valence-corrected chi connectivity index (χ3v) is 12.2. The van der Waals surface area contributed by atoms with Crippen molar-refractivity contribution >= 4 is 28.2 Å². The van der Waals surface area contributed by atoms with Crippen LogP contribution < -0.4 is 15.1 Å². The number of nitrogens with one attached hydrogen (secondary N) is 2. The summed E-state index contributed by atoms with van der Waals surface area (Å²) in [5, 5.41) is 4.79. The minimum Gasteiger partial charge on any atom is -0.361 e. The maximum Gasteiger partial charge on any atom is 0.233 e. The quantitative estimate of drug-likeness (QED) is 0.204. The van der Waals surface area contributed by atoms with Crippen LogP contribution in [0.15, 0.2) is 54.9 Å². The third-order valence-electron chi connectivity index (χ3n) is 12.2. The highest BCUT2D eigenvalue weighted by atomic mass is 16.2. The molecule has 2 aliphatic heterocycles. The molecule has 0 spiro atoms. The van der Waals surface area contributed by atoms with E-state index in [4.69, 9.17) is 6.58 Å². The Balaban J connectivity index is 1.32. The van der Waals surface area contributed by atoms with Crippen molar-refractivity contribution in [2.24, 2.45) is 10.8 Å². The first kappa shape index (κ1) is 34.3. The molecule has 6 rings (SSSR count). The molecule has 1 amide bonds. The van der Waals surface area contributed by atoms with Gasteiger partial charge in [-0.1, -0.05) is 58.6 Å². The molecule has 2 atom stereocenters. The number of hydrogen-bond acceptors (Lipinski definition) is 3. The van der Waals surface area contributed by atoms with E-state index in [1.165, 1.54) is 66.8 Å². The molecule has 1 saturated carbocycles. The highest BCUT2D eigenvalue weighted by Gasteiger charge is 2.59. The van der Waals surface area contributed by atoms with Crippen LogP contribution in [0.3, 0.4) is 0 Å². The molecule has 2 N–H and O–H groups in total. The first-order chi connectivity index (χ1) is 22.7. The van der Waals surface area contributed by atoms with Crippen molar-refractivity contribution in [1.29, 1.82) is 0 Å². The van der Waals surface area contributed by atoms with Gasteiger partial charge >= 0.3 is 0 Å². The zero-order valence-corrected chi connectivity index (χ0v) is 31.2. The fourth-order valence-corrected chi connectivity index (χ4v) is 9.67. The predicted octanol–water partition coefficient (Wildman–Crippen LogP) is 9.92. The molecule has 0 bridgehead atoms. The average molecular weight is 647 g/mol. The average Bonchev–Trinajstić information content (AvgIpc) is 3.73. The topological polar surface area (TPSA) is 51.4 Å². The second-order valence-corrected chi connectivity index (χ2v) is 16.0. The van der Waals surface area contributed by atoms with E-state index in [0.29, 0.717) is 12.5 Å². The summed E-state index contributed by atoms with van der Waals surface area (Å²) in [4.78, 5) is 22.9. The Morgan fingerprint density at radius 1 is 1.04 bits per heavy atom. The lowest BCUT2D eigenvalue weighted by molar-refractivity contribution is -0.139. The number of aromatic nitrogens is 1. The second kappa shape index (κ2) is 12.4. The lowest BCUT2D eigenvalue weighted by atomic mass is 9.50. The Kier molecular flexibility index (Phi) is 8.86. The standard InChI is InChI=1S/C43H58N4O/c1-13-27(7)37-29(9)31(17-25(3)4)19-35-33(37)15-16-46(35)30(10)43(14-2)23-42(11,24-43)41(48)47-22-34(44-12)39-36(47)20-32(18-26(5)6)40-38(39)28(8)21-45-40/h19-21,27,34,44-45H,3,5,10,13-18,22-24H2,1-2,4,6-9,11-12H3/t27?,34-,42?,43?/m1/s1. The molecular formula is C43H58N4O. The van der Waals surface area contributed by atoms with Gasteiger partial charge in [0.15, 0.2) is 0 Å². The first-order valence-corrected chi connectivity index (χ1v) is 18.2. The Bertz CT molecular complexity index is 1830. The Hall–Kier alpha value is -3.57. The van der Waals surface area contributed by atoms with Crippen molar-refractivity contribution in [3.63, 3.8) is 0 Å². The summed E-state index contributed by atoms with van der Waals surface area (Å²) in [6.45, 7) is 32.8. The summed E-state index contributed by atoms with van der Waals surface area (Å²) in [7, 11) is 2.01. The van der Waals surface area contributed by atoms with Crippen LogP contribution in [0.5, 0.6) is 0 Å². The number of nitrogens with zero attached hydrogens (tertiary/aromatic N) is 2. The minimum atomic E-state index is -0.446. The number of anilines is 2. The van der Waals surface area contributed by atoms with Crippen molar-refractivity contribution < 1.29 is 4.79 Å². The van der Waals surface area contributed by atoms with Gasteiger partial charge in [-0.25, -0.2) is 0 Å². The van der Waals surface area contributed by atoms with E-state index in [1.54, 1.807) is 0 Å². The molecule has 1 aromatic heterocycles. The van der Waals surface area contributed by atoms with Gasteiger partial charge < -0.3 is 20.1 Å². The Morgan fingerprint density at radius 3 is 2.29 bits per heavy atom. The minimum absolute atomic E-state index is 0.0899. The van der Waals surface area contributed by atoms with Gasteiger partial charge in [0.2, 0.25) is 5.91 Å². The summed E-state index contributed by atoms with van der Waals surface area (Å²) in [5.41, 5.74) is 16.1. The van der Waals surface area contributed by atoms with Gasteiger partial charge in [0, 0.05) is 63.7 Å². The molecule has 3 heterocycles. The van der Waals surface area contributed by atoms with Crippen molar-refractivity contribution in [3.05, 3.63) is 93.9 Å². The molecule has 5 heteroatoms. The maximum absolute atomic E-state index is 14.8. The molecule has 48 heavy (non-hydrogen) atoms.